The van der Waals surface area contributed by atoms with Crippen molar-refractivity contribution in [2.45, 2.75) is 38.8 Å². The highest BCUT2D eigenvalue weighted by atomic mass is 31.2. The molecule has 0 bridgehead atoms. The molecule has 3 N–H and O–H groups in total. The number of pyridine rings is 2. The molecule has 1 atom stereocenters. The van der Waals surface area contributed by atoms with Gasteiger partial charge < -0.3 is 24.8 Å². The van der Waals surface area contributed by atoms with Crippen molar-refractivity contribution in [2.24, 2.45) is 0 Å². The molecular weight excluding hydrogens is 551 g/mol. The molecule has 2 heterocycles. The number of aromatic nitrogens is 2. The van der Waals surface area contributed by atoms with Crippen LogP contribution in [0, 0.1) is 13.8 Å². The van der Waals surface area contributed by atoms with Crippen molar-refractivity contribution in [2.75, 3.05) is 45.4 Å². The SMILES string of the molecule is Cc1ccc2c(c1)nc(N)c1ncc(CCc3ccc(OCCOCCOCCC(F)(F)P(C)(=O)O)cc3C)cc12. The zero-order valence-corrected chi connectivity index (χ0v) is 24.4. The van der Waals surface area contributed by atoms with Crippen molar-refractivity contribution < 1.29 is 32.4 Å². The van der Waals surface area contributed by atoms with E-state index in [2.05, 4.69) is 41.2 Å². The Labute approximate surface area is 238 Å². The smallest absolute Gasteiger partial charge is 0.323 e. The number of nitrogens with two attached hydrogens (primary N) is 1. The number of aryl methyl sites for hydroxylation is 4. The number of nitrogen functional groups attached to an aromatic ring is 1. The number of hydrogen-bond acceptors (Lipinski definition) is 7. The van der Waals surface area contributed by atoms with Gasteiger partial charge in [-0.05, 0) is 73.2 Å². The van der Waals surface area contributed by atoms with Crippen LogP contribution in [-0.4, -0.2) is 60.2 Å². The number of hydrogen-bond donors (Lipinski definition) is 2. The fourth-order valence-electron chi connectivity index (χ4n) is 4.46. The van der Waals surface area contributed by atoms with Gasteiger partial charge in [0.1, 0.15) is 17.9 Å². The quantitative estimate of drug-likeness (QED) is 0.104. The minimum atomic E-state index is -4.48. The number of benzene rings is 2. The lowest BCUT2D eigenvalue weighted by Gasteiger charge is -2.18. The monoisotopic (exact) mass is 587 g/mol. The predicted octanol–water partition coefficient (Wildman–Crippen LogP) is 6.06. The maximum Gasteiger partial charge on any atom is 0.323 e. The van der Waals surface area contributed by atoms with Crippen molar-refractivity contribution in [1.82, 2.24) is 9.97 Å². The molecule has 0 saturated carbocycles. The summed E-state index contributed by atoms with van der Waals surface area (Å²) >= 11 is 0. The lowest BCUT2D eigenvalue weighted by Crippen LogP contribution is -2.19. The Hall–Kier alpha value is -3.17. The highest BCUT2D eigenvalue weighted by Crippen LogP contribution is 2.55. The lowest BCUT2D eigenvalue weighted by molar-refractivity contribution is 0.00243. The Bertz CT molecular complexity index is 1560. The van der Waals surface area contributed by atoms with Crippen molar-refractivity contribution in [3.8, 4) is 5.75 Å². The Morgan fingerprint density at radius 3 is 2.41 bits per heavy atom. The summed E-state index contributed by atoms with van der Waals surface area (Å²) in [6.07, 6.45) is 2.73. The molecule has 220 valence electrons. The standard InChI is InChI=1S/C30H36F2N3O5P/c1-20-4-9-25-26-18-22(19-34-28(26)29(33)35-27(25)16-20)5-6-23-7-8-24(17-21(23)2)40-15-14-39-13-12-38-11-10-30(31,32)41(3,36)37/h4,7-9,16-19H,5-6,10-15H2,1-3H3,(H2,33,35)(H,36,37). The lowest BCUT2D eigenvalue weighted by atomic mass is 9.99. The maximum absolute atomic E-state index is 13.4. The number of anilines is 1. The minimum absolute atomic E-state index is 0.107. The molecule has 0 aliphatic rings. The third-order valence-electron chi connectivity index (χ3n) is 6.89. The zero-order valence-electron chi connectivity index (χ0n) is 23.5. The summed E-state index contributed by atoms with van der Waals surface area (Å²) in [6, 6.07) is 14.3. The molecule has 0 spiro atoms. The molecule has 41 heavy (non-hydrogen) atoms. The summed E-state index contributed by atoms with van der Waals surface area (Å²) in [7, 11) is -4.48. The fraction of sp³-hybridized carbons (Fsp3) is 0.400. The summed E-state index contributed by atoms with van der Waals surface area (Å²) in [6.45, 7) is 5.36. The van der Waals surface area contributed by atoms with Crippen LogP contribution in [0.1, 0.15) is 28.7 Å². The first kappa shape index (κ1) is 30.8. The van der Waals surface area contributed by atoms with E-state index in [9.17, 15) is 13.3 Å². The molecule has 0 aliphatic carbocycles. The van der Waals surface area contributed by atoms with E-state index in [4.69, 9.17) is 24.8 Å². The van der Waals surface area contributed by atoms with Crippen molar-refractivity contribution in [3.05, 3.63) is 70.9 Å². The summed E-state index contributed by atoms with van der Waals surface area (Å²) in [4.78, 5) is 18.2. The topological polar surface area (TPSA) is 117 Å². The van der Waals surface area contributed by atoms with Gasteiger partial charge in [0.15, 0.2) is 5.82 Å². The molecule has 11 heteroatoms. The van der Waals surface area contributed by atoms with Gasteiger partial charge in [0.25, 0.3) is 7.37 Å². The van der Waals surface area contributed by atoms with E-state index in [1.807, 2.05) is 31.3 Å². The maximum atomic E-state index is 13.4. The Morgan fingerprint density at radius 1 is 0.951 bits per heavy atom. The van der Waals surface area contributed by atoms with Crippen molar-refractivity contribution in [1.29, 1.82) is 0 Å². The van der Waals surface area contributed by atoms with Gasteiger partial charge in [0, 0.05) is 30.1 Å². The van der Waals surface area contributed by atoms with Crippen LogP contribution in [0.4, 0.5) is 14.6 Å². The molecule has 1 unspecified atom stereocenters. The Morgan fingerprint density at radius 2 is 1.68 bits per heavy atom. The second kappa shape index (κ2) is 13.2. The van der Waals surface area contributed by atoms with Gasteiger partial charge in [-0.1, -0.05) is 18.2 Å². The summed E-state index contributed by atoms with van der Waals surface area (Å²) in [5.41, 5.74) is 8.72. The van der Waals surface area contributed by atoms with Crippen LogP contribution in [0.25, 0.3) is 21.8 Å². The number of nitrogens with zero attached hydrogens (tertiary/aromatic N) is 2. The summed E-state index contributed by atoms with van der Waals surface area (Å²) < 4.78 is 54.2. The first-order chi connectivity index (χ1) is 19.4. The van der Waals surface area contributed by atoms with Gasteiger partial charge in [-0.15, -0.1) is 0 Å². The number of fused-ring (bicyclic) bond motifs is 3. The zero-order chi connectivity index (χ0) is 29.6. The molecule has 0 amide bonds. The van der Waals surface area contributed by atoms with E-state index in [-0.39, 0.29) is 19.8 Å². The highest BCUT2D eigenvalue weighted by molar-refractivity contribution is 7.58. The molecule has 2 aromatic heterocycles. The normalized spacial score (nSPS) is 13.5. The van der Waals surface area contributed by atoms with Crippen molar-refractivity contribution >= 4 is 35.0 Å². The molecule has 0 saturated heterocycles. The van der Waals surface area contributed by atoms with Gasteiger partial charge in [-0.2, -0.15) is 8.78 Å². The van der Waals surface area contributed by atoms with Crippen LogP contribution in [0.3, 0.4) is 0 Å². The second-order valence-corrected chi connectivity index (χ2v) is 12.6. The molecule has 8 nitrogen and oxygen atoms in total. The summed E-state index contributed by atoms with van der Waals surface area (Å²) in [5.74, 6) is 1.17. The molecule has 4 aromatic rings. The average Bonchev–Trinajstić information content (AvgIpc) is 2.90. The van der Waals surface area contributed by atoms with E-state index in [0.29, 0.717) is 25.7 Å². The predicted molar refractivity (Wildman–Crippen MR) is 157 cm³/mol. The van der Waals surface area contributed by atoms with Crippen LogP contribution in [0.2, 0.25) is 0 Å². The molecular formula is C30H36F2N3O5P. The second-order valence-electron chi connectivity index (χ2n) is 10.2. The summed E-state index contributed by atoms with van der Waals surface area (Å²) in [5, 5.41) is 2.05. The van der Waals surface area contributed by atoms with Gasteiger partial charge in [-0.3, -0.25) is 9.55 Å². The van der Waals surface area contributed by atoms with Crippen molar-refractivity contribution in [3.63, 3.8) is 0 Å². The van der Waals surface area contributed by atoms with Crippen LogP contribution in [0.15, 0.2) is 48.7 Å². The fourth-order valence-corrected chi connectivity index (χ4v) is 4.97. The van der Waals surface area contributed by atoms with E-state index in [0.717, 1.165) is 57.1 Å². The van der Waals surface area contributed by atoms with E-state index in [1.54, 1.807) is 0 Å². The van der Waals surface area contributed by atoms with Crippen LogP contribution >= 0.6 is 7.37 Å². The Balaban J connectivity index is 1.22. The van der Waals surface area contributed by atoms with Gasteiger partial charge in [0.05, 0.1) is 31.9 Å². The van der Waals surface area contributed by atoms with Crippen LogP contribution in [0.5, 0.6) is 5.75 Å². The van der Waals surface area contributed by atoms with E-state index >= 15 is 0 Å². The number of halogens is 2. The minimum Gasteiger partial charge on any atom is -0.491 e. The van der Waals surface area contributed by atoms with E-state index < -0.39 is 19.5 Å². The molecule has 0 fully saturated rings. The van der Waals surface area contributed by atoms with Crippen LogP contribution < -0.4 is 10.5 Å². The van der Waals surface area contributed by atoms with Crippen LogP contribution in [-0.2, 0) is 26.9 Å². The average molecular weight is 588 g/mol. The first-order valence-electron chi connectivity index (χ1n) is 13.4. The van der Waals surface area contributed by atoms with Gasteiger partial charge in [0.2, 0.25) is 0 Å². The third-order valence-corrected chi connectivity index (χ3v) is 8.33. The van der Waals surface area contributed by atoms with E-state index in [1.165, 1.54) is 5.56 Å². The molecule has 0 radical (unpaired) electrons. The largest absolute Gasteiger partial charge is 0.491 e. The Kier molecular flexibility index (Phi) is 9.92. The third kappa shape index (κ3) is 7.98. The number of alkyl halides is 2. The van der Waals surface area contributed by atoms with Gasteiger partial charge >= 0.3 is 5.66 Å². The number of rotatable bonds is 14. The van der Waals surface area contributed by atoms with Gasteiger partial charge in [-0.25, -0.2) is 4.98 Å². The number of ether oxygens (including phenoxy) is 3. The first-order valence-corrected chi connectivity index (χ1v) is 15.6. The molecule has 2 aromatic carbocycles. The molecule has 4 rings (SSSR count). The highest BCUT2D eigenvalue weighted by Gasteiger charge is 2.44. The molecule has 0 aliphatic heterocycles.